The highest BCUT2D eigenvalue weighted by Crippen LogP contribution is 2.46. The van der Waals surface area contributed by atoms with Crippen molar-refractivity contribution in [1.82, 2.24) is 4.31 Å². The van der Waals surface area contributed by atoms with Crippen LogP contribution < -0.4 is 9.47 Å². The van der Waals surface area contributed by atoms with Gasteiger partial charge in [0, 0.05) is 11.8 Å². The first-order chi connectivity index (χ1) is 19.4. The molecule has 1 atom stereocenters. The number of sulfonamides is 1. The largest absolute Gasteiger partial charge is 0.493 e. The summed E-state index contributed by atoms with van der Waals surface area (Å²) in [6.45, 7) is 4.65. The van der Waals surface area contributed by atoms with Gasteiger partial charge in [-0.15, -0.1) is 0 Å². The molecule has 0 aromatic heterocycles. The van der Waals surface area contributed by atoms with Crippen molar-refractivity contribution in [3.8, 4) is 11.5 Å². The van der Waals surface area contributed by atoms with Gasteiger partial charge in [-0.05, 0) is 60.4 Å². The number of nitrogens with zero attached hydrogens (tertiary/aromatic N) is 1. The van der Waals surface area contributed by atoms with Crippen LogP contribution in [0.4, 0.5) is 0 Å². The second-order valence-electron chi connectivity index (χ2n) is 9.81. The summed E-state index contributed by atoms with van der Waals surface area (Å²) >= 11 is 0. The number of fused-ring (bicyclic) bond motifs is 1. The van der Waals surface area contributed by atoms with Gasteiger partial charge < -0.3 is 14.2 Å². The van der Waals surface area contributed by atoms with Crippen molar-refractivity contribution in [2.24, 2.45) is 0 Å². The van der Waals surface area contributed by atoms with Crippen LogP contribution in [0.2, 0.25) is 0 Å². The summed E-state index contributed by atoms with van der Waals surface area (Å²) in [5, 5.41) is 0. The van der Waals surface area contributed by atoms with E-state index in [0.29, 0.717) is 30.3 Å². The molecule has 7 heteroatoms. The van der Waals surface area contributed by atoms with Crippen LogP contribution in [0.15, 0.2) is 102 Å². The lowest BCUT2D eigenvalue weighted by atomic mass is 9.94. The molecule has 4 aromatic carbocycles. The Hall–Kier alpha value is -4.07. The van der Waals surface area contributed by atoms with E-state index in [9.17, 15) is 8.42 Å². The Balaban J connectivity index is 1.58. The molecule has 0 fully saturated rings. The minimum absolute atomic E-state index is 0.116. The second kappa shape index (κ2) is 12.0. The number of hydrogen-bond acceptors (Lipinski definition) is 5. The molecule has 1 aliphatic rings. The third-order valence-corrected chi connectivity index (χ3v) is 8.75. The van der Waals surface area contributed by atoms with Crippen molar-refractivity contribution >= 4 is 16.1 Å². The number of methoxy groups -OCH3 is 1. The van der Waals surface area contributed by atoms with Gasteiger partial charge >= 0.3 is 0 Å². The first-order valence-corrected chi connectivity index (χ1v) is 14.6. The highest BCUT2D eigenvalue weighted by atomic mass is 32.2. The molecule has 0 bridgehead atoms. The number of hydrogen-bond donors (Lipinski definition) is 0. The fourth-order valence-corrected chi connectivity index (χ4v) is 6.35. The summed E-state index contributed by atoms with van der Waals surface area (Å²) < 4.78 is 47.8. The van der Waals surface area contributed by atoms with Crippen molar-refractivity contribution in [1.29, 1.82) is 0 Å². The molecule has 6 nitrogen and oxygen atoms in total. The Morgan fingerprint density at radius 3 is 2.05 bits per heavy atom. The zero-order valence-corrected chi connectivity index (χ0v) is 23.7. The SMILES string of the molecule is COc1c(C)cc2c(c1OCc1ccccc1)C(COCc1ccccc1)N(S(=O)(=O)c1ccc(C)cc1)C=C2. The van der Waals surface area contributed by atoms with Crippen molar-refractivity contribution in [2.45, 2.75) is 38.0 Å². The maximum absolute atomic E-state index is 14.0. The molecule has 0 spiro atoms. The van der Waals surface area contributed by atoms with Gasteiger partial charge in [-0.25, -0.2) is 8.42 Å². The second-order valence-corrected chi connectivity index (χ2v) is 11.7. The maximum Gasteiger partial charge on any atom is 0.264 e. The van der Waals surface area contributed by atoms with Gasteiger partial charge in [0.1, 0.15) is 6.61 Å². The molecule has 0 amide bonds. The van der Waals surface area contributed by atoms with Crippen LogP contribution in [-0.4, -0.2) is 26.4 Å². The Kier molecular flexibility index (Phi) is 8.24. The predicted molar refractivity (Wildman–Crippen MR) is 157 cm³/mol. The lowest BCUT2D eigenvalue weighted by Gasteiger charge is -2.35. The monoisotopic (exact) mass is 555 g/mol. The zero-order valence-electron chi connectivity index (χ0n) is 22.9. The fourth-order valence-electron chi connectivity index (χ4n) is 4.90. The molecule has 0 N–H and O–H groups in total. The highest BCUT2D eigenvalue weighted by molar-refractivity contribution is 7.89. The van der Waals surface area contributed by atoms with Crippen molar-refractivity contribution in [3.63, 3.8) is 0 Å². The highest BCUT2D eigenvalue weighted by Gasteiger charge is 2.37. The van der Waals surface area contributed by atoms with Crippen LogP contribution >= 0.6 is 0 Å². The van der Waals surface area contributed by atoms with Crippen molar-refractivity contribution in [3.05, 3.63) is 131 Å². The van der Waals surface area contributed by atoms with E-state index in [1.54, 1.807) is 37.6 Å². The van der Waals surface area contributed by atoms with E-state index < -0.39 is 16.1 Å². The van der Waals surface area contributed by atoms with Crippen molar-refractivity contribution in [2.75, 3.05) is 13.7 Å². The lowest BCUT2D eigenvalue weighted by molar-refractivity contribution is 0.0839. The number of aryl methyl sites for hydroxylation is 2. The Labute approximate surface area is 236 Å². The van der Waals surface area contributed by atoms with Crippen LogP contribution in [-0.2, 0) is 28.0 Å². The van der Waals surface area contributed by atoms with E-state index in [1.165, 1.54) is 4.31 Å². The molecule has 0 saturated heterocycles. The van der Waals surface area contributed by atoms with Gasteiger partial charge in [0.2, 0.25) is 0 Å². The molecule has 0 saturated carbocycles. The molecule has 4 aromatic rings. The first kappa shape index (κ1) is 27.5. The Morgan fingerprint density at radius 1 is 0.800 bits per heavy atom. The Morgan fingerprint density at radius 2 is 1.43 bits per heavy atom. The summed E-state index contributed by atoms with van der Waals surface area (Å²) in [6, 6.07) is 27.9. The molecule has 0 aliphatic carbocycles. The van der Waals surface area contributed by atoms with E-state index in [-0.39, 0.29) is 11.5 Å². The standard InChI is InChI=1S/C33H33NO5S/c1-24-14-16-29(17-15-24)40(35,36)34-19-18-28-20-25(2)32(37-3)33(39-22-27-12-8-5-9-13-27)31(28)30(34)23-38-21-26-10-6-4-7-11-26/h4-20,30H,21-23H2,1-3H3. The molecule has 1 heterocycles. The normalized spacial score (nSPS) is 14.6. The minimum atomic E-state index is -3.91. The third kappa shape index (κ3) is 5.76. The van der Waals surface area contributed by atoms with Crippen LogP contribution in [0.3, 0.4) is 0 Å². The van der Waals surface area contributed by atoms with Crippen molar-refractivity contribution < 1.29 is 22.6 Å². The number of benzene rings is 4. The van der Waals surface area contributed by atoms with E-state index >= 15 is 0 Å². The summed E-state index contributed by atoms with van der Waals surface area (Å²) in [5.41, 5.74) is 5.46. The summed E-state index contributed by atoms with van der Waals surface area (Å²) in [7, 11) is -2.31. The van der Waals surface area contributed by atoms with Crippen LogP contribution in [0, 0.1) is 13.8 Å². The summed E-state index contributed by atoms with van der Waals surface area (Å²) in [4.78, 5) is 0.213. The number of ether oxygens (including phenoxy) is 3. The van der Waals surface area contributed by atoms with Gasteiger partial charge in [-0.3, -0.25) is 4.31 Å². The van der Waals surface area contributed by atoms with E-state index in [2.05, 4.69) is 0 Å². The van der Waals surface area contributed by atoms with Gasteiger partial charge in [0.05, 0.1) is 31.3 Å². The van der Waals surface area contributed by atoms with Gasteiger partial charge in [-0.2, -0.15) is 0 Å². The van der Waals surface area contributed by atoms with Gasteiger partial charge in [0.15, 0.2) is 11.5 Å². The molecular formula is C33H33NO5S. The lowest BCUT2D eigenvalue weighted by Crippen LogP contribution is -2.35. The number of rotatable bonds is 10. The molecule has 5 rings (SSSR count). The van der Waals surface area contributed by atoms with Crippen LogP contribution in [0.1, 0.15) is 39.4 Å². The van der Waals surface area contributed by atoms with E-state index in [0.717, 1.165) is 27.8 Å². The molecule has 1 aliphatic heterocycles. The topological polar surface area (TPSA) is 65.1 Å². The molecule has 206 valence electrons. The molecular weight excluding hydrogens is 522 g/mol. The molecule has 40 heavy (non-hydrogen) atoms. The summed E-state index contributed by atoms with van der Waals surface area (Å²) in [5.74, 6) is 1.09. The van der Waals surface area contributed by atoms with Crippen LogP contribution in [0.5, 0.6) is 11.5 Å². The fraction of sp³-hybridized carbons (Fsp3) is 0.212. The molecule has 0 radical (unpaired) electrons. The van der Waals surface area contributed by atoms with Gasteiger partial charge in [0.25, 0.3) is 10.0 Å². The first-order valence-electron chi connectivity index (χ1n) is 13.2. The smallest absolute Gasteiger partial charge is 0.264 e. The maximum atomic E-state index is 14.0. The minimum Gasteiger partial charge on any atom is -0.493 e. The van der Waals surface area contributed by atoms with Crippen LogP contribution in [0.25, 0.3) is 6.08 Å². The molecule has 1 unspecified atom stereocenters. The average molecular weight is 556 g/mol. The zero-order chi connectivity index (χ0) is 28.1. The summed E-state index contributed by atoms with van der Waals surface area (Å²) in [6.07, 6.45) is 3.44. The Bertz CT molecular complexity index is 1580. The van der Waals surface area contributed by atoms with Gasteiger partial charge in [-0.1, -0.05) is 78.4 Å². The predicted octanol–water partition coefficient (Wildman–Crippen LogP) is 6.82. The van der Waals surface area contributed by atoms with E-state index in [4.69, 9.17) is 14.2 Å². The quantitative estimate of drug-likeness (QED) is 0.215. The third-order valence-electron chi connectivity index (χ3n) is 6.95. The van der Waals surface area contributed by atoms with E-state index in [1.807, 2.05) is 86.7 Å². The average Bonchev–Trinajstić information content (AvgIpc) is 2.97.